The molecule has 0 aromatic carbocycles. The molecule has 0 saturated carbocycles. The standard InChI is InChI=1S/C13H21F3N4/c1-4-9(5-2)8(3)18-11-6-10(13(14,15)16)7-12(19-11)20-17/h6-9H,4-5,17H2,1-3H3,(H2,18,19,20). The third-order valence-corrected chi connectivity index (χ3v) is 3.43. The second kappa shape index (κ2) is 6.78. The van der Waals surface area contributed by atoms with Crippen LogP contribution >= 0.6 is 0 Å². The molecule has 0 aliphatic rings. The SMILES string of the molecule is CCC(CC)C(C)Nc1cc(C(F)(F)F)cc(NN)n1. The summed E-state index contributed by atoms with van der Waals surface area (Å²) in [7, 11) is 0. The number of rotatable bonds is 6. The summed E-state index contributed by atoms with van der Waals surface area (Å²) in [5.74, 6) is 5.70. The highest BCUT2D eigenvalue weighted by Crippen LogP contribution is 2.32. The summed E-state index contributed by atoms with van der Waals surface area (Å²) in [5.41, 5.74) is 1.38. The van der Waals surface area contributed by atoms with Crippen LogP contribution in [0.4, 0.5) is 24.8 Å². The zero-order valence-corrected chi connectivity index (χ0v) is 11.9. The molecule has 0 radical (unpaired) electrons. The first-order valence-corrected chi connectivity index (χ1v) is 6.64. The molecule has 1 aromatic heterocycles. The summed E-state index contributed by atoms with van der Waals surface area (Å²) >= 11 is 0. The monoisotopic (exact) mass is 290 g/mol. The van der Waals surface area contributed by atoms with Gasteiger partial charge >= 0.3 is 6.18 Å². The van der Waals surface area contributed by atoms with Crippen LogP contribution in [0, 0.1) is 5.92 Å². The molecule has 4 nitrogen and oxygen atoms in total. The minimum absolute atomic E-state index is 0.0147. The van der Waals surface area contributed by atoms with E-state index in [0.717, 1.165) is 25.0 Å². The van der Waals surface area contributed by atoms with Crippen LogP contribution in [0.5, 0.6) is 0 Å². The lowest BCUT2D eigenvalue weighted by Gasteiger charge is -2.23. The van der Waals surface area contributed by atoms with Crippen molar-refractivity contribution in [3.8, 4) is 0 Å². The zero-order valence-electron chi connectivity index (χ0n) is 11.9. The van der Waals surface area contributed by atoms with Gasteiger partial charge in [-0.1, -0.05) is 26.7 Å². The highest BCUT2D eigenvalue weighted by atomic mass is 19.4. The van der Waals surface area contributed by atoms with E-state index in [-0.39, 0.29) is 17.7 Å². The molecule has 0 aliphatic carbocycles. The molecule has 1 atom stereocenters. The van der Waals surface area contributed by atoms with Crippen molar-refractivity contribution < 1.29 is 13.2 Å². The molecule has 1 heterocycles. The molecular formula is C13H21F3N4. The maximum atomic E-state index is 12.8. The van der Waals surface area contributed by atoms with Crippen LogP contribution in [0.25, 0.3) is 0 Å². The molecule has 0 spiro atoms. The predicted octanol–water partition coefficient (Wildman–Crippen LogP) is 3.62. The van der Waals surface area contributed by atoms with E-state index in [1.165, 1.54) is 0 Å². The van der Waals surface area contributed by atoms with Crippen molar-refractivity contribution in [2.75, 3.05) is 10.7 Å². The van der Waals surface area contributed by atoms with E-state index >= 15 is 0 Å². The maximum absolute atomic E-state index is 12.8. The summed E-state index contributed by atoms with van der Waals surface area (Å²) in [4.78, 5) is 4.01. The van der Waals surface area contributed by atoms with Crippen molar-refractivity contribution in [2.24, 2.45) is 11.8 Å². The van der Waals surface area contributed by atoms with Gasteiger partial charge in [0.1, 0.15) is 11.6 Å². The second-order valence-corrected chi connectivity index (χ2v) is 4.78. The molecule has 114 valence electrons. The van der Waals surface area contributed by atoms with Gasteiger partial charge in [-0.05, 0) is 25.0 Å². The lowest BCUT2D eigenvalue weighted by Crippen LogP contribution is -2.26. The molecule has 0 bridgehead atoms. The number of nitrogens with zero attached hydrogens (tertiary/aromatic N) is 1. The number of pyridine rings is 1. The fourth-order valence-electron chi connectivity index (χ4n) is 2.19. The van der Waals surface area contributed by atoms with Crippen LogP contribution in [0.1, 0.15) is 39.2 Å². The topological polar surface area (TPSA) is 63.0 Å². The van der Waals surface area contributed by atoms with E-state index in [1.54, 1.807) is 0 Å². The van der Waals surface area contributed by atoms with Gasteiger partial charge in [-0.25, -0.2) is 10.8 Å². The van der Waals surface area contributed by atoms with Gasteiger partial charge in [-0.2, -0.15) is 13.2 Å². The molecule has 1 aromatic rings. The number of alkyl halides is 3. The summed E-state index contributed by atoms with van der Waals surface area (Å²) < 4.78 is 38.4. The first-order valence-electron chi connectivity index (χ1n) is 6.64. The minimum atomic E-state index is -4.43. The number of halogens is 3. The fourth-order valence-corrected chi connectivity index (χ4v) is 2.19. The summed E-state index contributed by atoms with van der Waals surface area (Å²) in [6.07, 6.45) is -2.53. The van der Waals surface area contributed by atoms with Crippen molar-refractivity contribution >= 4 is 11.6 Å². The molecule has 0 aliphatic heterocycles. The van der Waals surface area contributed by atoms with Gasteiger partial charge in [0.2, 0.25) is 0 Å². The van der Waals surface area contributed by atoms with E-state index in [0.29, 0.717) is 5.92 Å². The molecule has 0 fully saturated rings. The lowest BCUT2D eigenvalue weighted by molar-refractivity contribution is -0.137. The van der Waals surface area contributed by atoms with Crippen molar-refractivity contribution in [2.45, 2.75) is 45.8 Å². The number of anilines is 2. The van der Waals surface area contributed by atoms with Crippen molar-refractivity contribution in [3.05, 3.63) is 17.7 Å². The van der Waals surface area contributed by atoms with E-state index in [9.17, 15) is 13.2 Å². The van der Waals surface area contributed by atoms with Crippen LogP contribution < -0.4 is 16.6 Å². The van der Waals surface area contributed by atoms with E-state index < -0.39 is 11.7 Å². The Hall–Kier alpha value is -1.50. The van der Waals surface area contributed by atoms with Crippen molar-refractivity contribution in [3.63, 3.8) is 0 Å². The van der Waals surface area contributed by atoms with Gasteiger partial charge in [0, 0.05) is 6.04 Å². The average molecular weight is 290 g/mol. The van der Waals surface area contributed by atoms with Gasteiger partial charge in [0.15, 0.2) is 0 Å². The van der Waals surface area contributed by atoms with Gasteiger partial charge < -0.3 is 10.7 Å². The molecule has 7 heteroatoms. The average Bonchev–Trinajstić information content (AvgIpc) is 2.38. The minimum Gasteiger partial charge on any atom is -0.367 e. The predicted molar refractivity (Wildman–Crippen MR) is 74.2 cm³/mol. The summed E-state index contributed by atoms with van der Waals surface area (Å²) in [6, 6.07) is 1.92. The van der Waals surface area contributed by atoms with Crippen LogP contribution in [0.3, 0.4) is 0 Å². The smallest absolute Gasteiger partial charge is 0.367 e. The van der Waals surface area contributed by atoms with Crippen molar-refractivity contribution in [1.29, 1.82) is 0 Å². The third-order valence-electron chi connectivity index (χ3n) is 3.43. The highest BCUT2D eigenvalue weighted by Gasteiger charge is 2.31. The Balaban J connectivity index is 3.00. The fraction of sp³-hybridized carbons (Fsp3) is 0.615. The van der Waals surface area contributed by atoms with Gasteiger partial charge in [0.25, 0.3) is 0 Å². The van der Waals surface area contributed by atoms with Crippen LogP contribution in [0.2, 0.25) is 0 Å². The maximum Gasteiger partial charge on any atom is 0.416 e. The lowest BCUT2D eigenvalue weighted by atomic mass is 9.95. The van der Waals surface area contributed by atoms with Gasteiger partial charge in [-0.15, -0.1) is 0 Å². The van der Waals surface area contributed by atoms with Gasteiger partial charge in [0.05, 0.1) is 5.56 Å². The number of hydrazine groups is 1. The Kier molecular flexibility index (Phi) is 5.62. The summed E-state index contributed by atoms with van der Waals surface area (Å²) in [6.45, 7) is 6.05. The number of hydrogen-bond acceptors (Lipinski definition) is 4. The molecule has 1 rings (SSSR count). The van der Waals surface area contributed by atoms with Gasteiger partial charge in [-0.3, -0.25) is 0 Å². The highest BCUT2D eigenvalue weighted by molar-refractivity contribution is 5.49. The van der Waals surface area contributed by atoms with E-state index in [2.05, 4.69) is 29.6 Å². The number of hydrogen-bond donors (Lipinski definition) is 3. The molecular weight excluding hydrogens is 269 g/mol. The Bertz CT molecular complexity index is 430. The van der Waals surface area contributed by atoms with E-state index in [1.807, 2.05) is 6.92 Å². The Labute approximate surface area is 116 Å². The van der Waals surface area contributed by atoms with Crippen LogP contribution in [-0.4, -0.2) is 11.0 Å². The Morgan fingerprint density at radius 3 is 2.20 bits per heavy atom. The summed E-state index contributed by atoms with van der Waals surface area (Å²) in [5, 5.41) is 3.02. The molecule has 20 heavy (non-hydrogen) atoms. The molecule has 0 saturated heterocycles. The third kappa shape index (κ3) is 4.26. The number of aromatic nitrogens is 1. The zero-order chi connectivity index (χ0) is 15.3. The first kappa shape index (κ1) is 16.6. The Morgan fingerprint density at radius 1 is 1.20 bits per heavy atom. The van der Waals surface area contributed by atoms with E-state index in [4.69, 9.17) is 5.84 Å². The molecule has 1 unspecified atom stereocenters. The number of nitrogen functional groups attached to an aromatic ring is 1. The first-order chi connectivity index (χ1) is 9.31. The van der Waals surface area contributed by atoms with Crippen LogP contribution in [-0.2, 0) is 6.18 Å². The number of nitrogens with one attached hydrogen (secondary N) is 2. The molecule has 0 amide bonds. The second-order valence-electron chi connectivity index (χ2n) is 4.78. The number of nitrogens with two attached hydrogens (primary N) is 1. The van der Waals surface area contributed by atoms with Crippen molar-refractivity contribution in [1.82, 2.24) is 4.98 Å². The Morgan fingerprint density at radius 2 is 1.75 bits per heavy atom. The van der Waals surface area contributed by atoms with Crippen LogP contribution in [0.15, 0.2) is 12.1 Å². The largest absolute Gasteiger partial charge is 0.416 e. The normalized spacial score (nSPS) is 13.4. The molecule has 4 N–H and O–H groups in total. The quantitative estimate of drug-likeness (QED) is 0.553.